The number of benzene rings is 1. The van der Waals surface area contributed by atoms with Gasteiger partial charge in [-0.1, -0.05) is 54.5 Å². The molecule has 0 aliphatic rings. The van der Waals surface area contributed by atoms with Gasteiger partial charge in [-0.25, -0.2) is 4.39 Å². The van der Waals surface area contributed by atoms with Crippen molar-refractivity contribution in [3.8, 4) is 0 Å². The van der Waals surface area contributed by atoms with Crippen LogP contribution in [0.4, 0.5) is 4.39 Å². The molecule has 0 spiro atoms. The molecule has 114 valence electrons. The van der Waals surface area contributed by atoms with Crippen LogP contribution in [0.2, 0.25) is 0 Å². The summed E-state index contributed by atoms with van der Waals surface area (Å²) < 4.78 is 13.8. The molecule has 0 atom stereocenters. The van der Waals surface area contributed by atoms with Crippen molar-refractivity contribution in [1.29, 1.82) is 0 Å². The van der Waals surface area contributed by atoms with Crippen LogP contribution in [0.1, 0.15) is 54.2 Å². The molecule has 21 heavy (non-hydrogen) atoms. The molecular formula is C19H26FN. The van der Waals surface area contributed by atoms with E-state index in [1.165, 1.54) is 6.07 Å². The second-order valence-corrected chi connectivity index (χ2v) is 8.13. The van der Waals surface area contributed by atoms with Gasteiger partial charge in [-0.15, -0.1) is 0 Å². The molecule has 2 rings (SSSR count). The van der Waals surface area contributed by atoms with Gasteiger partial charge in [0.2, 0.25) is 0 Å². The molecule has 0 bridgehead atoms. The lowest BCUT2D eigenvalue weighted by Crippen LogP contribution is -2.48. The van der Waals surface area contributed by atoms with E-state index in [1.807, 2.05) is 18.2 Å². The van der Waals surface area contributed by atoms with Gasteiger partial charge in [-0.05, 0) is 35.1 Å². The van der Waals surface area contributed by atoms with E-state index in [0.29, 0.717) is 5.39 Å². The summed E-state index contributed by atoms with van der Waals surface area (Å²) in [6.45, 7) is 15.7. The van der Waals surface area contributed by atoms with Crippen LogP contribution in [0.5, 0.6) is 0 Å². The Morgan fingerprint density at radius 3 is 1.90 bits per heavy atom. The van der Waals surface area contributed by atoms with Crippen molar-refractivity contribution in [1.82, 2.24) is 4.98 Å². The monoisotopic (exact) mass is 287 g/mol. The zero-order chi connectivity index (χ0) is 16.1. The van der Waals surface area contributed by atoms with Crippen LogP contribution in [-0.2, 0) is 5.41 Å². The standard InChI is InChI=1S/C19H26FN/c1-17(2,3)19(7,18(4,5)6)16-12-11-13-14(20)9-8-10-15(13)21-16/h8-12H,1-7H3. The molecule has 0 saturated carbocycles. The molecular weight excluding hydrogens is 261 g/mol. The highest BCUT2D eigenvalue weighted by Gasteiger charge is 2.48. The van der Waals surface area contributed by atoms with Gasteiger partial charge in [-0.2, -0.15) is 0 Å². The van der Waals surface area contributed by atoms with Crippen molar-refractivity contribution >= 4 is 10.9 Å². The zero-order valence-electron chi connectivity index (χ0n) is 14.2. The minimum atomic E-state index is -0.209. The number of hydrogen-bond acceptors (Lipinski definition) is 1. The van der Waals surface area contributed by atoms with Crippen LogP contribution in [-0.4, -0.2) is 4.98 Å². The Morgan fingerprint density at radius 2 is 1.38 bits per heavy atom. The molecule has 0 aliphatic carbocycles. The highest BCUT2D eigenvalue weighted by molar-refractivity contribution is 5.79. The predicted molar refractivity (Wildman–Crippen MR) is 88.0 cm³/mol. The molecule has 0 N–H and O–H groups in total. The van der Waals surface area contributed by atoms with Gasteiger partial charge in [0.1, 0.15) is 5.82 Å². The Labute approximate surface area is 127 Å². The molecule has 0 aliphatic heterocycles. The lowest BCUT2D eigenvalue weighted by Gasteiger charge is -2.51. The van der Waals surface area contributed by atoms with Crippen molar-refractivity contribution in [2.75, 3.05) is 0 Å². The van der Waals surface area contributed by atoms with Gasteiger partial charge in [0.05, 0.1) is 5.52 Å². The maximum Gasteiger partial charge on any atom is 0.132 e. The third-order valence-corrected chi connectivity index (χ3v) is 5.19. The molecule has 2 heteroatoms. The van der Waals surface area contributed by atoms with Crippen LogP contribution in [0, 0.1) is 16.6 Å². The van der Waals surface area contributed by atoms with Gasteiger partial charge in [0.15, 0.2) is 0 Å². The molecule has 1 aromatic heterocycles. The molecule has 1 nitrogen and oxygen atoms in total. The Kier molecular flexibility index (Phi) is 3.64. The normalized spacial score (nSPS) is 13.7. The van der Waals surface area contributed by atoms with Crippen LogP contribution < -0.4 is 0 Å². The first kappa shape index (κ1) is 15.9. The summed E-state index contributed by atoms with van der Waals surface area (Å²) in [6, 6.07) is 8.94. The fourth-order valence-corrected chi connectivity index (χ4v) is 3.29. The van der Waals surface area contributed by atoms with Gasteiger partial charge in [0, 0.05) is 16.5 Å². The third-order valence-electron chi connectivity index (χ3n) is 5.19. The first-order valence-corrected chi connectivity index (χ1v) is 7.54. The van der Waals surface area contributed by atoms with Crippen LogP contribution >= 0.6 is 0 Å². The van der Waals surface area contributed by atoms with E-state index in [0.717, 1.165) is 11.2 Å². The van der Waals surface area contributed by atoms with E-state index >= 15 is 0 Å². The van der Waals surface area contributed by atoms with Gasteiger partial charge >= 0.3 is 0 Å². The number of halogens is 1. The first-order valence-electron chi connectivity index (χ1n) is 7.54. The average Bonchev–Trinajstić information content (AvgIpc) is 2.35. The lowest BCUT2D eigenvalue weighted by atomic mass is 9.53. The maximum atomic E-state index is 13.8. The number of rotatable bonds is 1. The Balaban J connectivity index is 2.73. The topological polar surface area (TPSA) is 12.9 Å². The molecule has 0 amide bonds. The van der Waals surface area contributed by atoms with Crippen LogP contribution in [0.15, 0.2) is 30.3 Å². The second-order valence-electron chi connectivity index (χ2n) is 8.13. The van der Waals surface area contributed by atoms with Crippen LogP contribution in [0.25, 0.3) is 10.9 Å². The maximum absolute atomic E-state index is 13.8. The zero-order valence-corrected chi connectivity index (χ0v) is 14.2. The molecule has 0 saturated heterocycles. The van der Waals surface area contributed by atoms with E-state index in [4.69, 9.17) is 4.98 Å². The molecule has 0 fully saturated rings. The highest BCUT2D eigenvalue weighted by Crippen LogP contribution is 2.52. The Hall–Kier alpha value is -1.44. The first-order chi connectivity index (χ1) is 9.48. The van der Waals surface area contributed by atoms with Gasteiger partial charge in [0.25, 0.3) is 0 Å². The Morgan fingerprint density at radius 1 is 0.810 bits per heavy atom. The smallest absolute Gasteiger partial charge is 0.132 e. The fraction of sp³-hybridized carbons (Fsp3) is 0.526. The number of pyridine rings is 1. The van der Waals surface area contributed by atoms with E-state index < -0.39 is 0 Å². The van der Waals surface area contributed by atoms with E-state index in [2.05, 4.69) is 48.5 Å². The fourth-order valence-electron chi connectivity index (χ4n) is 3.29. The summed E-state index contributed by atoms with van der Waals surface area (Å²) in [4.78, 5) is 4.80. The number of fused-ring (bicyclic) bond motifs is 1. The summed E-state index contributed by atoms with van der Waals surface area (Å²) >= 11 is 0. The van der Waals surface area contributed by atoms with Gasteiger partial charge < -0.3 is 0 Å². The van der Waals surface area contributed by atoms with Crippen molar-refractivity contribution in [3.63, 3.8) is 0 Å². The summed E-state index contributed by atoms with van der Waals surface area (Å²) in [5.41, 5.74) is 1.71. The third kappa shape index (κ3) is 2.45. The second kappa shape index (κ2) is 4.79. The quantitative estimate of drug-likeness (QED) is 0.653. The van der Waals surface area contributed by atoms with E-state index in [9.17, 15) is 4.39 Å². The van der Waals surface area contributed by atoms with Crippen molar-refractivity contribution < 1.29 is 4.39 Å². The minimum Gasteiger partial charge on any atom is -0.252 e. The highest BCUT2D eigenvalue weighted by atomic mass is 19.1. The number of hydrogen-bond donors (Lipinski definition) is 0. The van der Waals surface area contributed by atoms with Gasteiger partial charge in [-0.3, -0.25) is 4.98 Å². The number of aromatic nitrogens is 1. The lowest BCUT2D eigenvalue weighted by molar-refractivity contribution is 0.0656. The summed E-state index contributed by atoms with van der Waals surface area (Å²) in [6.07, 6.45) is 0. The van der Waals surface area contributed by atoms with E-state index in [1.54, 1.807) is 6.07 Å². The molecule has 1 aromatic carbocycles. The molecule has 0 radical (unpaired) electrons. The largest absolute Gasteiger partial charge is 0.252 e. The van der Waals surface area contributed by atoms with Crippen molar-refractivity contribution in [2.45, 2.75) is 53.9 Å². The summed E-state index contributed by atoms with van der Waals surface area (Å²) in [5, 5.41) is 0.589. The van der Waals surface area contributed by atoms with E-state index in [-0.39, 0.29) is 22.1 Å². The van der Waals surface area contributed by atoms with Crippen molar-refractivity contribution in [2.24, 2.45) is 10.8 Å². The Bertz CT molecular complexity index is 645. The SMILES string of the molecule is CC(C)(C)C(C)(c1ccc2c(F)cccc2n1)C(C)(C)C. The summed E-state index contributed by atoms with van der Waals surface area (Å²) in [7, 11) is 0. The van der Waals surface area contributed by atoms with Crippen LogP contribution in [0.3, 0.4) is 0 Å². The molecule has 0 unspecified atom stereocenters. The summed E-state index contributed by atoms with van der Waals surface area (Å²) in [5.74, 6) is -0.209. The predicted octanol–water partition coefficient (Wildman–Crippen LogP) is 5.72. The van der Waals surface area contributed by atoms with Crippen molar-refractivity contribution in [3.05, 3.63) is 41.8 Å². The minimum absolute atomic E-state index is 0.0409. The molecule has 1 heterocycles. The molecule has 2 aromatic rings. The average molecular weight is 287 g/mol. The number of nitrogens with zero attached hydrogens (tertiary/aromatic N) is 1.